The van der Waals surface area contributed by atoms with E-state index in [1.165, 1.54) is 25.0 Å². The number of carbonyl (C=O) groups excluding carboxylic acids is 2. The van der Waals surface area contributed by atoms with Crippen LogP contribution in [-0.2, 0) is 16.8 Å². The average molecular weight is 482 g/mol. The van der Waals surface area contributed by atoms with Gasteiger partial charge in [0.1, 0.15) is 5.82 Å². The molecule has 2 amide bonds. The summed E-state index contributed by atoms with van der Waals surface area (Å²) in [6.07, 6.45) is 5.58. The number of nitrogens with zero attached hydrogens (tertiary/aromatic N) is 1. The lowest BCUT2D eigenvalue weighted by Crippen LogP contribution is -2.37. The fraction of sp³-hybridized carbons (Fsp3) is 0.517. The first kappa shape index (κ1) is 26.9. The maximum atomic E-state index is 13.7. The third kappa shape index (κ3) is 7.38. The molecule has 1 aliphatic heterocycles. The number of hydrogen-bond donors (Lipinski definition) is 2. The molecule has 0 atom stereocenters. The van der Waals surface area contributed by atoms with Crippen molar-refractivity contribution >= 4 is 17.5 Å². The van der Waals surface area contributed by atoms with Crippen LogP contribution in [0.5, 0.6) is 0 Å². The molecule has 2 aromatic carbocycles. The van der Waals surface area contributed by atoms with Crippen LogP contribution in [0.15, 0.2) is 42.5 Å². The SMILES string of the molecule is CC(C)C(=O)N1CCCCCCCNCc2cc(C(=O)NCC(C)(C)c3cccc(F)c3)ccc21. The van der Waals surface area contributed by atoms with Crippen LogP contribution in [0.4, 0.5) is 10.1 Å². The summed E-state index contributed by atoms with van der Waals surface area (Å²) in [7, 11) is 0. The van der Waals surface area contributed by atoms with E-state index in [1.54, 1.807) is 12.1 Å². The van der Waals surface area contributed by atoms with E-state index in [0.717, 1.165) is 42.6 Å². The van der Waals surface area contributed by atoms with Crippen LogP contribution in [0, 0.1) is 11.7 Å². The predicted molar refractivity (Wildman–Crippen MR) is 140 cm³/mol. The van der Waals surface area contributed by atoms with Crippen LogP contribution in [0.2, 0.25) is 0 Å². The summed E-state index contributed by atoms with van der Waals surface area (Å²) in [5.41, 5.74) is 2.81. The Hall–Kier alpha value is -2.73. The van der Waals surface area contributed by atoms with Crippen molar-refractivity contribution in [1.29, 1.82) is 0 Å². The second-order valence-electron chi connectivity index (χ2n) is 10.5. The number of anilines is 1. The highest BCUT2D eigenvalue weighted by atomic mass is 19.1. The number of nitrogens with one attached hydrogen (secondary N) is 2. The zero-order valence-electron chi connectivity index (χ0n) is 21.6. The zero-order chi connectivity index (χ0) is 25.4. The van der Waals surface area contributed by atoms with Crippen molar-refractivity contribution in [3.63, 3.8) is 0 Å². The first-order chi connectivity index (χ1) is 16.7. The first-order valence-corrected chi connectivity index (χ1v) is 12.9. The second kappa shape index (κ2) is 12.3. The summed E-state index contributed by atoms with van der Waals surface area (Å²) < 4.78 is 13.7. The van der Waals surface area contributed by atoms with Crippen LogP contribution < -0.4 is 15.5 Å². The Labute approximate surface area is 209 Å². The van der Waals surface area contributed by atoms with Crippen LogP contribution in [-0.4, -0.2) is 31.4 Å². The molecule has 0 aromatic heterocycles. The normalized spacial score (nSPS) is 15.7. The number of hydrogen-bond acceptors (Lipinski definition) is 3. The lowest BCUT2D eigenvalue weighted by atomic mass is 9.84. The number of rotatable bonds is 5. The molecule has 2 aromatic rings. The minimum Gasteiger partial charge on any atom is -0.351 e. The van der Waals surface area contributed by atoms with Gasteiger partial charge in [0.2, 0.25) is 5.91 Å². The van der Waals surface area contributed by atoms with E-state index in [2.05, 4.69) is 10.6 Å². The maximum absolute atomic E-state index is 13.7. The largest absolute Gasteiger partial charge is 0.351 e. The summed E-state index contributed by atoms with van der Waals surface area (Å²) in [5.74, 6) is -0.450. The number of amides is 2. The van der Waals surface area contributed by atoms with Gasteiger partial charge < -0.3 is 15.5 Å². The third-order valence-corrected chi connectivity index (χ3v) is 6.74. The molecule has 2 N–H and O–H groups in total. The van der Waals surface area contributed by atoms with E-state index in [-0.39, 0.29) is 23.5 Å². The molecular formula is C29H40FN3O2. The highest BCUT2D eigenvalue weighted by Gasteiger charge is 2.24. The van der Waals surface area contributed by atoms with E-state index < -0.39 is 5.41 Å². The number of halogens is 1. The van der Waals surface area contributed by atoms with Gasteiger partial charge in [0, 0.05) is 42.2 Å². The van der Waals surface area contributed by atoms with E-state index in [0.29, 0.717) is 25.2 Å². The molecule has 0 spiro atoms. The van der Waals surface area contributed by atoms with Crippen molar-refractivity contribution in [3.05, 3.63) is 65.0 Å². The van der Waals surface area contributed by atoms with Gasteiger partial charge in [0.15, 0.2) is 0 Å². The fourth-order valence-electron chi connectivity index (χ4n) is 4.48. The molecule has 0 saturated heterocycles. The van der Waals surface area contributed by atoms with Gasteiger partial charge in [-0.3, -0.25) is 9.59 Å². The van der Waals surface area contributed by atoms with Gasteiger partial charge in [-0.25, -0.2) is 4.39 Å². The lowest BCUT2D eigenvalue weighted by Gasteiger charge is -2.28. The van der Waals surface area contributed by atoms with E-state index in [9.17, 15) is 14.0 Å². The highest BCUT2D eigenvalue weighted by molar-refractivity contribution is 5.98. The molecule has 6 heteroatoms. The van der Waals surface area contributed by atoms with E-state index in [4.69, 9.17) is 0 Å². The molecule has 35 heavy (non-hydrogen) atoms. The van der Waals surface area contributed by atoms with Gasteiger partial charge >= 0.3 is 0 Å². The summed E-state index contributed by atoms with van der Waals surface area (Å²) in [5, 5.41) is 6.51. The van der Waals surface area contributed by atoms with Crippen LogP contribution in [0.1, 0.15) is 81.3 Å². The molecule has 0 fully saturated rings. The molecule has 0 saturated carbocycles. The molecule has 190 valence electrons. The third-order valence-electron chi connectivity index (χ3n) is 6.74. The zero-order valence-corrected chi connectivity index (χ0v) is 21.6. The molecular weight excluding hydrogens is 441 g/mol. The van der Waals surface area contributed by atoms with Crippen molar-refractivity contribution in [2.24, 2.45) is 5.92 Å². The van der Waals surface area contributed by atoms with Crippen LogP contribution in [0.25, 0.3) is 0 Å². The fourth-order valence-corrected chi connectivity index (χ4v) is 4.48. The topological polar surface area (TPSA) is 61.4 Å². The standard InChI is InChI=1S/C29H40FN3O2/c1-21(2)28(35)33-16-9-7-5-6-8-15-31-19-23-17-22(13-14-26(23)33)27(34)32-20-29(3,4)24-11-10-12-25(30)18-24/h10-14,17-18,21,31H,5-9,15-16,19-20H2,1-4H3,(H,32,34). The van der Waals surface area contributed by atoms with Crippen LogP contribution >= 0.6 is 0 Å². The maximum Gasteiger partial charge on any atom is 0.251 e. The summed E-state index contributed by atoms with van der Waals surface area (Å²) in [6.45, 7) is 10.4. The van der Waals surface area contributed by atoms with Crippen molar-refractivity contribution in [3.8, 4) is 0 Å². The molecule has 0 aliphatic carbocycles. The van der Waals surface area contributed by atoms with Crippen LogP contribution in [0.3, 0.4) is 0 Å². The van der Waals surface area contributed by atoms with Crippen molar-refractivity contribution in [2.75, 3.05) is 24.5 Å². The Bertz CT molecular complexity index is 1020. The second-order valence-corrected chi connectivity index (χ2v) is 10.5. The van der Waals surface area contributed by atoms with Gasteiger partial charge in [0.25, 0.3) is 5.91 Å². The molecule has 0 radical (unpaired) electrons. The predicted octanol–water partition coefficient (Wildman–Crippen LogP) is 5.58. The molecule has 1 heterocycles. The highest BCUT2D eigenvalue weighted by Crippen LogP contribution is 2.26. The average Bonchev–Trinajstić information content (AvgIpc) is 2.82. The van der Waals surface area contributed by atoms with Gasteiger partial charge in [-0.05, 0) is 60.8 Å². The molecule has 5 nitrogen and oxygen atoms in total. The van der Waals surface area contributed by atoms with E-state index >= 15 is 0 Å². The van der Waals surface area contributed by atoms with Gasteiger partial charge in [-0.15, -0.1) is 0 Å². The Morgan fingerprint density at radius 1 is 1.06 bits per heavy atom. The molecule has 0 bridgehead atoms. The Morgan fingerprint density at radius 3 is 2.54 bits per heavy atom. The Kier molecular flexibility index (Phi) is 9.44. The van der Waals surface area contributed by atoms with Gasteiger partial charge in [0.05, 0.1) is 0 Å². The summed E-state index contributed by atoms with van der Waals surface area (Å²) in [4.78, 5) is 28.1. The van der Waals surface area contributed by atoms with Gasteiger partial charge in [-0.2, -0.15) is 0 Å². The lowest BCUT2D eigenvalue weighted by molar-refractivity contribution is -0.121. The monoisotopic (exact) mass is 481 g/mol. The summed E-state index contributed by atoms with van der Waals surface area (Å²) >= 11 is 0. The summed E-state index contributed by atoms with van der Waals surface area (Å²) in [6, 6.07) is 12.1. The van der Waals surface area contributed by atoms with Gasteiger partial charge in [-0.1, -0.05) is 59.1 Å². The quantitative estimate of drug-likeness (QED) is 0.586. The van der Waals surface area contributed by atoms with Crippen molar-refractivity contribution in [2.45, 2.75) is 71.8 Å². The number of benzene rings is 2. The Balaban J connectivity index is 1.82. The molecule has 1 aliphatic rings. The smallest absolute Gasteiger partial charge is 0.251 e. The molecule has 3 rings (SSSR count). The minimum atomic E-state index is -0.420. The molecule has 0 unspecified atom stereocenters. The number of fused-ring (bicyclic) bond motifs is 1. The number of carbonyl (C=O) groups is 2. The van der Waals surface area contributed by atoms with Crippen molar-refractivity contribution in [1.82, 2.24) is 10.6 Å². The van der Waals surface area contributed by atoms with E-state index in [1.807, 2.05) is 50.8 Å². The minimum absolute atomic E-state index is 0.100. The first-order valence-electron chi connectivity index (χ1n) is 12.9. The van der Waals surface area contributed by atoms with Crippen molar-refractivity contribution < 1.29 is 14.0 Å². The Morgan fingerprint density at radius 2 is 1.80 bits per heavy atom.